The number of sulfonamides is 1. The maximum Gasteiger partial charge on any atom is 0.416 e. The van der Waals surface area contributed by atoms with Crippen LogP contribution in [0, 0.1) is 5.82 Å². The molecular formula is C24H26F4N2O4S2. The molecule has 0 spiro atoms. The van der Waals surface area contributed by atoms with Crippen LogP contribution in [0.5, 0.6) is 0 Å². The molecule has 1 saturated heterocycles. The molecule has 2 aromatic carbocycles. The van der Waals surface area contributed by atoms with Crippen LogP contribution >= 0.6 is 0 Å². The predicted octanol–water partition coefficient (Wildman–Crippen LogP) is 4.44. The summed E-state index contributed by atoms with van der Waals surface area (Å²) in [7, 11) is -8.79. The van der Waals surface area contributed by atoms with Gasteiger partial charge in [-0.25, -0.2) is 25.9 Å². The van der Waals surface area contributed by atoms with E-state index in [1.165, 1.54) is 12.1 Å². The highest BCUT2D eigenvalue weighted by molar-refractivity contribution is 7.92. The van der Waals surface area contributed by atoms with Gasteiger partial charge in [0.15, 0.2) is 9.84 Å². The molecule has 0 amide bonds. The third kappa shape index (κ3) is 6.05. The lowest BCUT2D eigenvalue weighted by atomic mass is 10.0. The van der Waals surface area contributed by atoms with E-state index >= 15 is 0 Å². The first-order chi connectivity index (χ1) is 16.8. The molecule has 1 fully saturated rings. The van der Waals surface area contributed by atoms with Crippen molar-refractivity contribution in [1.82, 2.24) is 10.0 Å². The standard InChI is InChI=1S/C24H26F4N2O4S2/c1-3-22(16-5-7-17(25)8-6-16)35(31,32)19-9-10-21(24(26,27)28)20(15-19)23(4-2)36(33,34)30-18-11-13-29-14-12-18/h3-10,15,18,22-23,29-30H,1-2,11-14H2. The molecule has 0 saturated carbocycles. The van der Waals surface area contributed by atoms with Gasteiger partial charge in [-0.1, -0.05) is 24.3 Å². The summed E-state index contributed by atoms with van der Waals surface area (Å²) in [6.45, 7) is 8.01. The number of piperidine rings is 1. The van der Waals surface area contributed by atoms with Crippen LogP contribution in [-0.4, -0.2) is 36.0 Å². The molecule has 2 unspecified atom stereocenters. The molecule has 1 aliphatic heterocycles. The smallest absolute Gasteiger partial charge is 0.317 e. The van der Waals surface area contributed by atoms with Crippen molar-refractivity contribution in [1.29, 1.82) is 0 Å². The number of hydrogen-bond acceptors (Lipinski definition) is 5. The van der Waals surface area contributed by atoms with Crippen LogP contribution in [0.15, 0.2) is 72.7 Å². The van der Waals surface area contributed by atoms with E-state index in [1.807, 2.05) is 0 Å². The van der Waals surface area contributed by atoms with Gasteiger partial charge in [-0.2, -0.15) is 13.2 Å². The lowest BCUT2D eigenvalue weighted by molar-refractivity contribution is -0.138. The van der Waals surface area contributed by atoms with Gasteiger partial charge in [0.2, 0.25) is 10.0 Å². The summed E-state index contributed by atoms with van der Waals surface area (Å²) >= 11 is 0. The summed E-state index contributed by atoms with van der Waals surface area (Å²) < 4.78 is 111. The number of hydrogen-bond donors (Lipinski definition) is 2. The average molecular weight is 547 g/mol. The van der Waals surface area contributed by atoms with Gasteiger partial charge in [0.05, 0.1) is 10.5 Å². The van der Waals surface area contributed by atoms with Crippen LogP contribution in [0.3, 0.4) is 0 Å². The van der Waals surface area contributed by atoms with E-state index in [9.17, 15) is 34.4 Å². The van der Waals surface area contributed by atoms with Crippen molar-refractivity contribution < 1.29 is 34.4 Å². The molecule has 2 atom stereocenters. The van der Waals surface area contributed by atoms with Crippen LogP contribution in [0.2, 0.25) is 0 Å². The highest BCUT2D eigenvalue weighted by atomic mass is 32.2. The summed E-state index contributed by atoms with van der Waals surface area (Å²) in [5, 5.41) is -0.215. The van der Waals surface area contributed by atoms with Crippen molar-refractivity contribution in [3.8, 4) is 0 Å². The largest absolute Gasteiger partial charge is 0.416 e. The maximum atomic E-state index is 13.9. The van der Waals surface area contributed by atoms with Gasteiger partial charge in [-0.15, -0.1) is 13.2 Å². The number of halogens is 4. The van der Waals surface area contributed by atoms with Gasteiger partial charge in [-0.05, 0) is 67.4 Å². The lowest BCUT2D eigenvalue weighted by Gasteiger charge is -2.27. The Kier molecular flexibility index (Phi) is 8.44. The zero-order valence-corrected chi connectivity index (χ0v) is 20.8. The average Bonchev–Trinajstić information content (AvgIpc) is 2.80. The Morgan fingerprint density at radius 1 is 0.944 bits per heavy atom. The zero-order chi connectivity index (χ0) is 26.7. The van der Waals surface area contributed by atoms with Crippen LogP contribution in [0.1, 0.15) is 40.0 Å². The summed E-state index contributed by atoms with van der Waals surface area (Å²) in [5.74, 6) is -0.601. The zero-order valence-electron chi connectivity index (χ0n) is 19.1. The third-order valence-corrected chi connectivity index (χ3v) is 9.75. The van der Waals surface area contributed by atoms with Crippen LogP contribution in [-0.2, 0) is 26.0 Å². The molecule has 196 valence electrons. The lowest BCUT2D eigenvalue weighted by Crippen LogP contribution is -2.44. The van der Waals surface area contributed by atoms with E-state index in [-0.39, 0.29) is 5.56 Å². The van der Waals surface area contributed by atoms with Gasteiger partial charge >= 0.3 is 6.18 Å². The van der Waals surface area contributed by atoms with E-state index in [1.54, 1.807) is 0 Å². The van der Waals surface area contributed by atoms with E-state index in [4.69, 9.17) is 0 Å². The molecule has 0 bridgehead atoms. The predicted molar refractivity (Wildman–Crippen MR) is 129 cm³/mol. The first-order valence-electron chi connectivity index (χ1n) is 11.0. The Morgan fingerprint density at radius 2 is 1.53 bits per heavy atom. The minimum atomic E-state index is -4.96. The molecule has 1 heterocycles. The van der Waals surface area contributed by atoms with E-state index in [0.717, 1.165) is 30.4 Å². The first-order valence-corrected chi connectivity index (χ1v) is 14.1. The third-order valence-electron chi connectivity index (χ3n) is 5.93. The van der Waals surface area contributed by atoms with Crippen molar-refractivity contribution in [3.05, 3.63) is 90.3 Å². The van der Waals surface area contributed by atoms with Crippen molar-refractivity contribution in [2.24, 2.45) is 0 Å². The summed E-state index contributed by atoms with van der Waals surface area (Å²) in [6, 6.07) is 6.10. The van der Waals surface area contributed by atoms with E-state index in [2.05, 4.69) is 23.2 Å². The minimum Gasteiger partial charge on any atom is -0.317 e. The fraction of sp³-hybridized carbons (Fsp3) is 0.333. The Balaban J connectivity index is 2.12. The van der Waals surface area contributed by atoms with Gasteiger partial charge in [-0.3, -0.25) is 0 Å². The molecule has 1 aliphatic rings. The van der Waals surface area contributed by atoms with Gasteiger partial charge in [0.25, 0.3) is 0 Å². The molecule has 6 nitrogen and oxygen atoms in total. The summed E-state index contributed by atoms with van der Waals surface area (Å²) in [4.78, 5) is -0.538. The molecule has 0 radical (unpaired) electrons. The number of sulfone groups is 1. The van der Waals surface area contributed by atoms with E-state index in [0.29, 0.717) is 38.1 Å². The Labute approximate surface area is 208 Å². The quantitative estimate of drug-likeness (QED) is 0.358. The number of benzene rings is 2. The Hall–Kier alpha value is -2.54. The van der Waals surface area contributed by atoms with E-state index < -0.39 is 64.4 Å². The van der Waals surface area contributed by atoms with Gasteiger partial charge in [0.1, 0.15) is 16.3 Å². The second-order valence-electron chi connectivity index (χ2n) is 8.34. The second-order valence-corrected chi connectivity index (χ2v) is 12.2. The minimum absolute atomic E-state index is 0.147. The molecule has 0 aromatic heterocycles. The SMILES string of the molecule is C=CC(c1cc(S(=O)(=O)C(C=C)c2ccc(F)cc2)ccc1C(F)(F)F)S(=O)(=O)NC1CCNCC1. The van der Waals surface area contributed by atoms with Crippen LogP contribution < -0.4 is 10.0 Å². The Morgan fingerprint density at radius 3 is 2.06 bits per heavy atom. The van der Waals surface area contributed by atoms with Crippen LogP contribution in [0.25, 0.3) is 0 Å². The van der Waals surface area contributed by atoms with Gasteiger partial charge in [0, 0.05) is 6.04 Å². The Bertz CT molecular complexity index is 1320. The number of alkyl halides is 3. The second kappa shape index (κ2) is 10.8. The maximum absolute atomic E-state index is 13.9. The highest BCUT2D eigenvalue weighted by Gasteiger charge is 2.40. The van der Waals surface area contributed by atoms with Crippen molar-refractivity contribution in [3.63, 3.8) is 0 Å². The highest BCUT2D eigenvalue weighted by Crippen LogP contribution is 2.40. The van der Waals surface area contributed by atoms with Crippen molar-refractivity contribution in [2.45, 2.75) is 40.5 Å². The summed E-state index contributed by atoms with van der Waals surface area (Å²) in [6.07, 6.45) is -2.15. The molecule has 2 N–H and O–H groups in total. The first kappa shape index (κ1) is 28.0. The summed E-state index contributed by atoms with van der Waals surface area (Å²) in [5.41, 5.74) is -1.91. The fourth-order valence-electron chi connectivity index (χ4n) is 4.12. The van der Waals surface area contributed by atoms with Crippen molar-refractivity contribution >= 4 is 19.9 Å². The van der Waals surface area contributed by atoms with Gasteiger partial charge < -0.3 is 5.32 Å². The molecule has 0 aliphatic carbocycles. The topological polar surface area (TPSA) is 92.3 Å². The molecule has 12 heteroatoms. The fourth-order valence-corrected chi connectivity index (χ4v) is 7.36. The molecule has 36 heavy (non-hydrogen) atoms. The monoisotopic (exact) mass is 546 g/mol. The normalized spacial score (nSPS) is 17.3. The number of rotatable bonds is 9. The molecule has 2 aromatic rings. The number of nitrogens with one attached hydrogen (secondary N) is 2. The molecular weight excluding hydrogens is 520 g/mol. The molecule has 3 rings (SSSR count). The van der Waals surface area contributed by atoms with Crippen LogP contribution in [0.4, 0.5) is 17.6 Å². The van der Waals surface area contributed by atoms with Crippen molar-refractivity contribution in [2.75, 3.05) is 13.1 Å².